The van der Waals surface area contributed by atoms with Gasteiger partial charge in [0.2, 0.25) is 0 Å². The molecule has 0 unspecified atom stereocenters. The summed E-state index contributed by atoms with van der Waals surface area (Å²) >= 11 is -2.05. The minimum absolute atomic E-state index is 1.37. The Morgan fingerprint density at radius 2 is 0.714 bits per heavy atom. The number of unbranched alkanes of at least 4 members (excludes halogenated alkanes) is 15. The maximum atomic E-state index is 2.83. The minimum atomic E-state index is -2.05. The van der Waals surface area contributed by atoms with Gasteiger partial charge in [0.25, 0.3) is 0 Å². The molecule has 0 radical (unpaired) electrons. The van der Waals surface area contributed by atoms with E-state index in [0.717, 1.165) is 0 Å². The third kappa shape index (κ3) is 17.4. The second kappa shape index (κ2) is 22.2. The number of hydrogen-bond acceptors (Lipinski definition) is 0. The Hall–Kier alpha value is 0.539. The molecule has 0 fully saturated rings. The first-order valence-electron chi connectivity index (χ1n) is 13.4. The van der Waals surface area contributed by atoms with E-state index in [-0.39, 0.29) is 0 Å². The molecule has 168 valence electrons. The Morgan fingerprint density at radius 3 is 1.00 bits per heavy atom. The average Bonchev–Trinajstić information content (AvgIpc) is 2.70. The Bertz CT molecular complexity index is 279. The van der Waals surface area contributed by atoms with Gasteiger partial charge in [-0.3, -0.25) is 0 Å². The van der Waals surface area contributed by atoms with Crippen molar-refractivity contribution in [2.45, 2.75) is 157 Å². The van der Waals surface area contributed by atoms with Crippen LogP contribution in [0.1, 0.15) is 143 Å². The molecular formula is C27H56Sn. The van der Waals surface area contributed by atoms with Crippen LogP contribution in [0.15, 0.2) is 10.2 Å². The van der Waals surface area contributed by atoms with E-state index in [1.165, 1.54) is 116 Å². The molecule has 28 heavy (non-hydrogen) atoms. The normalized spacial score (nSPS) is 12.3. The van der Waals surface area contributed by atoms with E-state index in [1.54, 1.807) is 13.3 Å². The van der Waals surface area contributed by atoms with E-state index in [1.807, 2.05) is 0 Å². The third-order valence-corrected chi connectivity index (χ3v) is 21.1. The molecule has 0 aliphatic rings. The summed E-state index contributed by atoms with van der Waals surface area (Å²) in [5.74, 6) is 0. The summed E-state index contributed by atoms with van der Waals surface area (Å²) in [6.07, 6.45) is 28.9. The number of rotatable bonds is 22. The van der Waals surface area contributed by atoms with Crippen molar-refractivity contribution in [3.05, 3.63) is 10.2 Å². The van der Waals surface area contributed by atoms with Crippen LogP contribution in [-0.4, -0.2) is 18.4 Å². The van der Waals surface area contributed by atoms with Crippen molar-refractivity contribution >= 4 is 18.4 Å². The van der Waals surface area contributed by atoms with Crippen LogP contribution in [0.25, 0.3) is 0 Å². The standard InChI is InChI=1S/3C8H17.C3H5.Sn/c3*1-3-5-7-8-6-4-2;1-3-2;/h3*1,3-8H2,2H3;1,3H,2H3;. The molecule has 0 amide bonds. The quantitative estimate of drug-likeness (QED) is 0.103. The fourth-order valence-corrected chi connectivity index (χ4v) is 18.5. The van der Waals surface area contributed by atoms with Crippen LogP contribution in [0, 0.1) is 0 Å². The molecule has 0 aromatic carbocycles. The van der Waals surface area contributed by atoms with Crippen LogP contribution < -0.4 is 0 Å². The molecule has 0 aliphatic heterocycles. The fraction of sp³-hybridized carbons (Fsp3) is 0.926. The van der Waals surface area contributed by atoms with Crippen molar-refractivity contribution in [3.63, 3.8) is 0 Å². The molecule has 0 atom stereocenters. The monoisotopic (exact) mass is 500 g/mol. The SMILES string of the molecule is CC=[CH][Sn]([CH2]CCCCCCC)([CH2]CCCCCCC)[CH2]CCCCCCC. The van der Waals surface area contributed by atoms with Gasteiger partial charge in [0.05, 0.1) is 0 Å². The van der Waals surface area contributed by atoms with E-state index < -0.39 is 18.4 Å². The molecular weight excluding hydrogens is 443 g/mol. The van der Waals surface area contributed by atoms with Crippen molar-refractivity contribution < 1.29 is 0 Å². The molecule has 0 nitrogen and oxygen atoms in total. The van der Waals surface area contributed by atoms with Crippen molar-refractivity contribution in [3.8, 4) is 0 Å². The molecule has 0 aliphatic carbocycles. The zero-order chi connectivity index (χ0) is 20.8. The van der Waals surface area contributed by atoms with Gasteiger partial charge >= 0.3 is 185 Å². The summed E-state index contributed by atoms with van der Waals surface area (Å²) in [6.45, 7) is 9.28. The number of hydrogen-bond donors (Lipinski definition) is 0. The van der Waals surface area contributed by atoms with Crippen molar-refractivity contribution in [2.75, 3.05) is 0 Å². The molecule has 1 heteroatoms. The van der Waals surface area contributed by atoms with Crippen molar-refractivity contribution in [2.24, 2.45) is 0 Å². The first kappa shape index (κ1) is 28.5. The summed E-state index contributed by atoms with van der Waals surface area (Å²) < 4.78 is 7.78. The molecule has 0 aromatic rings. The predicted molar refractivity (Wildman–Crippen MR) is 135 cm³/mol. The van der Waals surface area contributed by atoms with Gasteiger partial charge in [-0.2, -0.15) is 0 Å². The second-order valence-electron chi connectivity index (χ2n) is 9.42. The summed E-state index contributed by atoms with van der Waals surface area (Å²) in [5.41, 5.74) is 0. The molecule has 0 spiro atoms. The summed E-state index contributed by atoms with van der Waals surface area (Å²) in [5, 5.41) is 0. The van der Waals surface area contributed by atoms with Crippen LogP contribution in [0.5, 0.6) is 0 Å². The Kier molecular flexibility index (Phi) is 22.7. The van der Waals surface area contributed by atoms with Crippen LogP contribution in [0.2, 0.25) is 13.3 Å². The second-order valence-corrected chi connectivity index (χ2v) is 22.4. The molecule has 0 saturated heterocycles. The van der Waals surface area contributed by atoms with Crippen molar-refractivity contribution in [1.29, 1.82) is 0 Å². The molecule has 0 rings (SSSR count). The van der Waals surface area contributed by atoms with Crippen LogP contribution in [0.4, 0.5) is 0 Å². The predicted octanol–water partition coefficient (Wildman–Crippen LogP) is 10.6. The van der Waals surface area contributed by atoms with E-state index in [2.05, 4.69) is 37.9 Å². The van der Waals surface area contributed by atoms with Gasteiger partial charge in [0.1, 0.15) is 0 Å². The molecule has 0 bridgehead atoms. The topological polar surface area (TPSA) is 0 Å². The molecule has 0 saturated carbocycles. The zero-order valence-corrected chi connectivity index (χ0v) is 23.4. The molecule has 0 heterocycles. The summed E-state index contributed by atoms with van der Waals surface area (Å²) in [6, 6.07) is 0. The van der Waals surface area contributed by atoms with Gasteiger partial charge in [0.15, 0.2) is 0 Å². The maximum absolute atomic E-state index is 2.83. The Labute approximate surface area is 184 Å². The van der Waals surface area contributed by atoms with E-state index in [4.69, 9.17) is 0 Å². The molecule has 0 N–H and O–H groups in total. The van der Waals surface area contributed by atoms with E-state index >= 15 is 0 Å². The van der Waals surface area contributed by atoms with E-state index in [0.29, 0.717) is 0 Å². The number of allylic oxidation sites excluding steroid dienone is 1. The van der Waals surface area contributed by atoms with Gasteiger partial charge < -0.3 is 0 Å². The fourth-order valence-electron chi connectivity index (χ4n) is 4.75. The van der Waals surface area contributed by atoms with Crippen LogP contribution in [0.3, 0.4) is 0 Å². The van der Waals surface area contributed by atoms with Crippen LogP contribution in [-0.2, 0) is 0 Å². The van der Waals surface area contributed by atoms with Crippen LogP contribution >= 0.6 is 0 Å². The third-order valence-electron chi connectivity index (χ3n) is 6.60. The molecule has 0 aromatic heterocycles. The summed E-state index contributed by atoms with van der Waals surface area (Å²) in [7, 11) is 0. The van der Waals surface area contributed by atoms with Gasteiger partial charge in [-0.25, -0.2) is 0 Å². The Balaban J connectivity index is 4.44. The zero-order valence-electron chi connectivity index (χ0n) is 20.5. The first-order chi connectivity index (χ1) is 13.7. The van der Waals surface area contributed by atoms with Gasteiger partial charge in [-0.1, -0.05) is 0 Å². The van der Waals surface area contributed by atoms with E-state index in [9.17, 15) is 0 Å². The Morgan fingerprint density at radius 1 is 0.429 bits per heavy atom. The van der Waals surface area contributed by atoms with Gasteiger partial charge in [0, 0.05) is 0 Å². The summed E-state index contributed by atoms with van der Waals surface area (Å²) in [4.78, 5) is 0. The first-order valence-corrected chi connectivity index (χ1v) is 21.1. The van der Waals surface area contributed by atoms with Crippen molar-refractivity contribution in [1.82, 2.24) is 0 Å². The average molecular weight is 499 g/mol. The van der Waals surface area contributed by atoms with Gasteiger partial charge in [-0.05, 0) is 0 Å². The van der Waals surface area contributed by atoms with Gasteiger partial charge in [-0.15, -0.1) is 0 Å².